The predicted octanol–water partition coefficient (Wildman–Crippen LogP) is 4.11. The zero-order valence-corrected chi connectivity index (χ0v) is 14.4. The average Bonchev–Trinajstić information content (AvgIpc) is 2.59. The van der Waals surface area contributed by atoms with E-state index in [1.54, 1.807) is 12.1 Å². The minimum absolute atomic E-state index is 0.281. The standard InChI is InChI=1S/C17H17ClN2O3S/c18-12-3-5-13(6-4-12)23-14-7-9-15(10-8-14)24-19-16-2-1-11-20(22)17(16)21/h3-10,16,19,22H,1-2,11H2. The normalized spacial score (nSPS) is 17.8. The molecule has 0 aliphatic carbocycles. The highest BCUT2D eigenvalue weighted by Gasteiger charge is 2.27. The van der Waals surface area contributed by atoms with Crippen molar-refractivity contribution in [1.82, 2.24) is 9.79 Å². The number of nitrogens with zero attached hydrogens (tertiary/aromatic N) is 1. The second-order valence-corrected chi connectivity index (χ2v) is 6.75. The number of benzene rings is 2. The second kappa shape index (κ2) is 7.90. The Hall–Kier alpha value is -1.73. The maximum absolute atomic E-state index is 11.8. The molecule has 1 amide bonds. The Labute approximate surface area is 149 Å². The van der Waals surface area contributed by atoms with Crippen LogP contribution in [0.2, 0.25) is 5.02 Å². The van der Waals surface area contributed by atoms with Gasteiger partial charge in [-0.1, -0.05) is 11.6 Å². The Morgan fingerprint density at radius 1 is 1.12 bits per heavy atom. The summed E-state index contributed by atoms with van der Waals surface area (Å²) in [6.45, 7) is 0.401. The Balaban J connectivity index is 1.54. The summed E-state index contributed by atoms with van der Waals surface area (Å²) >= 11 is 7.21. The molecule has 0 radical (unpaired) electrons. The summed E-state index contributed by atoms with van der Waals surface area (Å²) < 4.78 is 8.84. The third-order valence-corrected chi connectivity index (χ3v) is 4.77. The van der Waals surface area contributed by atoms with E-state index in [2.05, 4.69) is 4.72 Å². The van der Waals surface area contributed by atoms with Crippen LogP contribution in [0.5, 0.6) is 11.5 Å². The molecule has 24 heavy (non-hydrogen) atoms. The Kier molecular flexibility index (Phi) is 5.63. The molecule has 1 saturated heterocycles. The number of carbonyl (C=O) groups excluding carboxylic acids is 1. The van der Waals surface area contributed by atoms with E-state index in [1.165, 1.54) is 11.9 Å². The molecular weight excluding hydrogens is 348 g/mol. The van der Waals surface area contributed by atoms with Gasteiger partial charge in [0.05, 0.1) is 6.04 Å². The molecule has 1 unspecified atom stereocenters. The molecule has 1 atom stereocenters. The molecule has 2 aromatic rings. The number of ether oxygens (including phenoxy) is 1. The number of piperidine rings is 1. The molecule has 0 spiro atoms. The molecule has 126 valence electrons. The van der Waals surface area contributed by atoms with Crippen LogP contribution in [0.15, 0.2) is 53.4 Å². The van der Waals surface area contributed by atoms with Crippen molar-refractivity contribution in [3.05, 3.63) is 53.6 Å². The summed E-state index contributed by atoms with van der Waals surface area (Å²) in [7, 11) is 0. The first-order valence-corrected chi connectivity index (χ1v) is 8.77. The van der Waals surface area contributed by atoms with E-state index in [0.717, 1.165) is 28.5 Å². The molecule has 0 bridgehead atoms. The molecule has 2 N–H and O–H groups in total. The van der Waals surface area contributed by atoms with Gasteiger partial charge >= 0.3 is 0 Å². The van der Waals surface area contributed by atoms with Crippen LogP contribution < -0.4 is 9.46 Å². The van der Waals surface area contributed by atoms with E-state index in [9.17, 15) is 10.0 Å². The first-order valence-electron chi connectivity index (χ1n) is 7.58. The number of amides is 1. The summed E-state index contributed by atoms with van der Waals surface area (Å²) in [6.07, 6.45) is 1.51. The van der Waals surface area contributed by atoms with Gasteiger partial charge in [0.15, 0.2) is 0 Å². The Morgan fingerprint density at radius 3 is 2.42 bits per heavy atom. The molecule has 0 saturated carbocycles. The van der Waals surface area contributed by atoms with Gasteiger partial charge in [0, 0.05) is 16.5 Å². The quantitative estimate of drug-likeness (QED) is 0.617. The largest absolute Gasteiger partial charge is 0.457 e. The lowest BCUT2D eigenvalue weighted by Crippen LogP contribution is -2.47. The molecular formula is C17H17ClN2O3S. The number of nitrogens with one attached hydrogen (secondary N) is 1. The predicted molar refractivity (Wildman–Crippen MR) is 93.5 cm³/mol. The summed E-state index contributed by atoms with van der Waals surface area (Å²) in [5.74, 6) is 1.15. The van der Waals surface area contributed by atoms with Crippen molar-refractivity contribution >= 4 is 29.5 Å². The minimum atomic E-state index is -0.362. The fraction of sp³-hybridized carbons (Fsp3) is 0.235. The number of carbonyl (C=O) groups is 1. The molecule has 1 aliphatic heterocycles. The lowest BCUT2D eigenvalue weighted by molar-refractivity contribution is -0.172. The van der Waals surface area contributed by atoms with Crippen molar-refractivity contribution in [2.75, 3.05) is 6.54 Å². The van der Waals surface area contributed by atoms with Gasteiger partial charge in [-0.3, -0.25) is 10.0 Å². The van der Waals surface area contributed by atoms with Crippen LogP contribution in [0.4, 0.5) is 0 Å². The summed E-state index contributed by atoms with van der Waals surface area (Å²) in [4.78, 5) is 12.8. The Bertz CT molecular complexity index is 694. The summed E-state index contributed by atoms with van der Waals surface area (Å²) in [6, 6.07) is 14.3. The highest BCUT2D eigenvalue weighted by molar-refractivity contribution is 7.97. The van der Waals surface area contributed by atoms with Crippen molar-refractivity contribution in [3.63, 3.8) is 0 Å². The fourth-order valence-electron chi connectivity index (χ4n) is 2.32. The van der Waals surface area contributed by atoms with Crippen molar-refractivity contribution in [3.8, 4) is 11.5 Å². The van der Waals surface area contributed by atoms with Crippen LogP contribution in [0.1, 0.15) is 12.8 Å². The van der Waals surface area contributed by atoms with Gasteiger partial charge in [-0.05, 0) is 73.3 Å². The van der Waals surface area contributed by atoms with Crippen molar-refractivity contribution in [2.45, 2.75) is 23.8 Å². The maximum atomic E-state index is 11.8. The van der Waals surface area contributed by atoms with Gasteiger partial charge in [-0.2, -0.15) is 0 Å². The first kappa shape index (κ1) is 17.1. The van der Waals surface area contributed by atoms with Crippen LogP contribution in [0.25, 0.3) is 0 Å². The number of halogens is 1. The number of hydrogen-bond donors (Lipinski definition) is 2. The molecule has 1 heterocycles. The van der Waals surface area contributed by atoms with E-state index in [4.69, 9.17) is 16.3 Å². The van der Waals surface area contributed by atoms with Gasteiger partial charge in [-0.15, -0.1) is 0 Å². The molecule has 7 heteroatoms. The van der Waals surface area contributed by atoms with Crippen molar-refractivity contribution in [2.24, 2.45) is 0 Å². The zero-order valence-electron chi connectivity index (χ0n) is 12.8. The highest BCUT2D eigenvalue weighted by Crippen LogP contribution is 2.26. The van der Waals surface area contributed by atoms with Crippen molar-refractivity contribution < 1.29 is 14.7 Å². The van der Waals surface area contributed by atoms with Gasteiger partial charge < -0.3 is 4.74 Å². The molecule has 1 aliphatic rings. The van der Waals surface area contributed by atoms with Crippen LogP contribution in [-0.4, -0.2) is 28.8 Å². The topological polar surface area (TPSA) is 61.8 Å². The third kappa shape index (κ3) is 4.42. The SMILES string of the molecule is O=C1C(NSc2ccc(Oc3ccc(Cl)cc3)cc2)CCCN1O. The number of rotatable bonds is 5. The van der Waals surface area contributed by atoms with E-state index in [-0.39, 0.29) is 11.9 Å². The van der Waals surface area contributed by atoms with Gasteiger partial charge in [0.25, 0.3) is 5.91 Å². The molecule has 2 aromatic carbocycles. The number of hydroxylamine groups is 2. The third-order valence-electron chi connectivity index (χ3n) is 3.61. The van der Waals surface area contributed by atoms with Gasteiger partial charge in [0.1, 0.15) is 11.5 Å². The van der Waals surface area contributed by atoms with Gasteiger partial charge in [-0.25, -0.2) is 9.79 Å². The lowest BCUT2D eigenvalue weighted by atomic mass is 10.1. The van der Waals surface area contributed by atoms with Crippen LogP contribution >= 0.6 is 23.5 Å². The average molecular weight is 365 g/mol. The smallest absolute Gasteiger partial charge is 0.263 e. The second-order valence-electron chi connectivity index (χ2n) is 5.40. The van der Waals surface area contributed by atoms with Gasteiger partial charge in [0.2, 0.25) is 0 Å². The molecule has 0 aromatic heterocycles. The molecule has 3 rings (SSSR count). The number of hydrogen-bond acceptors (Lipinski definition) is 5. The van der Waals surface area contributed by atoms with E-state index in [0.29, 0.717) is 17.3 Å². The minimum Gasteiger partial charge on any atom is -0.457 e. The monoisotopic (exact) mass is 364 g/mol. The van der Waals surface area contributed by atoms with Crippen LogP contribution in [0, 0.1) is 0 Å². The summed E-state index contributed by atoms with van der Waals surface area (Å²) in [5, 5.41) is 10.9. The lowest BCUT2D eigenvalue weighted by Gasteiger charge is -2.27. The molecule has 5 nitrogen and oxygen atoms in total. The maximum Gasteiger partial charge on any atom is 0.263 e. The first-order chi connectivity index (χ1) is 11.6. The highest BCUT2D eigenvalue weighted by atomic mass is 35.5. The summed E-state index contributed by atoms with van der Waals surface area (Å²) in [5.41, 5.74) is 0. The van der Waals surface area contributed by atoms with Crippen LogP contribution in [-0.2, 0) is 4.79 Å². The van der Waals surface area contributed by atoms with Crippen molar-refractivity contribution in [1.29, 1.82) is 0 Å². The van der Waals surface area contributed by atoms with E-state index >= 15 is 0 Å². The van der Waals surface area contributed by atoms with Crippen LogP contribution in [0.3, 0.4) is 0 Å². The van der Waals surface area contributed by atoms with E-state index in [1.807, 2.05) is 36.4 Å². The fourth-order valence-corrected chi connectivity index (χ4v) is 3.22. The Morgan fingerprint density at radius 2 is 1.75 bits per heavy atom. The molecule has 1 fully saturated rings. The van der Waals surface area contributed by atoms with E-state index < -0.39 is 0 Å². The zero-order chi connectivity index (χ0) is 16.9.